The lowest BCUT2D eigenvalue weighted by Crippen LogP contribution is -2.21. The fraction of sp³-hybridized carbons (Fsp3) is 0.286. The molecule has 0 fully saturated rings. The largest absolute Gasteiger partial charge is 0.477 e. The van der Waals surface area contributed by atoms with Crippen LogP contribution in [0.2, 0.25) is 0 Å². The van der Waals surface area contributed by atoms with Gasteiger partial charge in [0, 0.05) is 12.0 Å². The molecule has 2 rings (SSSR count). The topological polar surface area (TPSA) is 86.2 Å². The molecule has 3 N–H and O–H groups in total. The summed E-state index contributed by atoms with van der Waals surface area (Å²) < 4.78 is 0. The predicted octanol–water partition coefficient (Wildman–Crippen LogP) is 2.09. The van der Waals surface area contributed by atoms with Gasteiger partial charge in [0.25, 0.3) is 0 Å². The Hall–Kier alpha value is -2.14. The molecule has 5 nitrogen and oxygen atoms in total. The van der Waals surface area contributed by atoms with Gasteiger partial charge in [-0.3, -0.25) is 5.10 Å². The molecule has 1 aromatic carbocycles. The van der Waals surface area contributed by atoms with E-state index in [9.17, 15) is 9.90 Å². The summed E-state index contributed by atoms with van der Waals surface area (Å²) in [5, 5.41) is 25.1. The highest BCUT2D eigenvalue weighted by Gasteiger charge is 2.14. The Bertz CT molecular complexity index is 597. The van der Waals surface area contributed by atoms with E-state index in [0.717, 1.165) is 11.1 Å². The van der Waals surface area contributed by atoms with Crippen LogP contribution < -0.4 is 0 Å². The second kappa shape index (κ2) is 4.85. The van der Waals surface area contributed by atoms with Crippen LogP contribution in [0.3, 0.4) is 0 Å². The van der Waals surface area contributed by atoms with Crippen LogP contribution in [0, 0.1) is 0 Å². The lowest BCUT2D eigenvalue weighted by molar-refractivity contribution is 0.0690. The number of carboxylic acid groups (broad SMARTS) is 1. The molecule has 2 aromatic rings. The number of hydrogen-bond acceptors (Lipinski definition) is 3. The Morgan fingerprint density at radius 1 is 1.37 bits per heavy atom. The molecular weight excluding hydrogens is 244 g/mol. The van der Waals surface area contributed by atoms with Gasteiger partial charge in [0.1, 0.15) is 5.69 Å². The summed E-state index contributed by atoms with van der Waals surface area (Å²) in [4.78, 5) is 10.8. The number of benzene rings is 1. The minimum absolute atomic E-state index is 0.0582. The van der Waals surface area contributed by atoms with Crippen LogP contribution in [-0.4, -0.2) is 32.0 Å². The van der Waals surface area contributed by atoms with Gasteiger partial charge in [0.2, 0.25) is 0 Å². The molecule has 1 aromatic heterocycles. The third-order valence-electron chi connectivity index (χ3n) is 2.67. The predicted molar refractivity (Wildman–Crippen MR) is 71.0 cm³/mol. The first-order valence-corrected chi connectivity index (χ1v) is 5.95. The Morgan fingerprint density at radius 3 is 2.68 bits per heavy atom. The average Bonchev–Trinajstić information content (AvgIpc) is 2.76. The van der Waals surface area contributed by atoms with E-state index in [4.69, 9.17) is 5.11 Å². The van der Waals surface area contributed by atoms with Crippen molar-refractivity contribution in [1.29, 1.82) is 0 Å². The van der Waals surface area contributed by atoms with Crippen LogP contribution in [0.15, 0.2) is 30.3 Å². The lowest BCUT2D eigenvalue weighted by atomic mass is 9.97. The summed E-state index contributed by atoms with van der Waals surface area (Å²) in [6.07, 6.45) is 0.525. The Morgan fingerprint density at radius 2 is 2.11 bits per heavy atom. The van der Waals surface area contributed by atoms with Gasteiger partial charge < -0.3 is 10.2 Å². The molecule has 1 heterocycles. The maximum Gasteiger partial charge on any atom is 0.353 e. The van der Waals surface area contributed by atoms with Gasteiger partial charge in [-0.05, 0) is 31.5 Å². The summed E-state index contributed by atoms with van der Waals surface area (Å²) in [6.45, 7) is 3.49. The molecule has 0 atom stereocenters. The first-order chi connectivity index (χ1) is 8.85. The maximum atomic E-state index is 10.8. The van der Waals surface area contributed by atoms with Crippen molar-refractivity contribution in [1.82, 2.24) is 10.2 Å². The molecular formula is C14H16N2O3. The van der Waals surface area contributed by atoms with Gasteiger partial charge in [-0.2, -0.15) is 5.10 Å². The number of rotatable bonds is 4. The van der Waals surface area contributed by atoms with Crippen molar-refractivity contribution in [2.75, 3.05) is 0 Å². The van der Waals surface area contributed by atoms with E-state index in [1.54, 1.807) is 13.8 Å². The molecule has 0 aliphatic carbocycles. The molecule has 0 saturated carbocycles. The van der Waals surface area contributed by atoms with Crippen molar-refractivity contribution in [2.24, 2.45) is 0 Å². The number of aliphatic hydroxyl groups is 1. The smallest absolute Gasteiger partial charge is 0.353 e. The second-order valence-corrected chi connectivity index (χ2v) is 5.16. The Labute approximate surface area is 110 Å². The molecule has 0 spiro atoms. The van der Waals surface area contributed by atoms with Crippen LogP contribution in [0.25, 0.3) is 11.3 Å². The fourth-order valence-electron chi connectivity index (χ4n) is 1.92. The Balaban J connectivity index is 2.29. The monoisotopic (exact) mass is 260 g/mol. The van der Waals surface area contributed by atoms with Crippen molar-refractivity contribution >= 4 is 5.97 Å². The number of hydrogen-bond donors (Lipinski definition) is 3. The van der Waals surface area contributed by atoms with Gasteiger partial charge in [-0.25, -0.2) is 4.79 Å². The van der Waals surface area contributed by atoms with E-state index >= 15 is 0 Å². The van der Waals surface area contributed by atoms with Gasteiger partial charge in [0.15, 0.2) is 0 Å². The summed E-state index contributed by atoms with van der Waals surface area (Å²) >= 11 is 0. The summed E-state index contributed by atoms with van der Waals surface area (Å²) in [7, 11) is 0. The molecule has 100 valence electrons. The van der Waals surface area contributed by atoms with Crippen molar-refractivity contribution in [3.63, 3.8) is 0 Å². The average molecular weight is 260 g/mol. The van der Waals surface area contributed by atoms with Gasteiger partial charge in [-0.1, -0.05) is 18.2 Å². The molecule has 0 radical (unpaired) electrons. The standard InChI is InChI=1S/C14H16N2O3/c1-14(2,19)8-9-4-3-5-10(6-9)11-7-12(13(17)18)16-15-11/h3-7,19H,8H2,1-2H3,(H,15,16)(H,17,18). The SMILES string of the molecule is CC(C)(O)Cc1cccc(-c2cc(C(=O)O)[nH]n2)c1. The van der Waals surface area contributed by atoms with Crippen LogP contribution in [-0.2, 0) is 6.42 Å². The van der Waals surface area contributed by atoms with E-state index in [1.807, 2.05) is 24.3 Å². The highest BCUT2D eigenvalue weighted by molar-refractivity contribution is 5.86. The highest BCUT2D eigenvalue weighted by Crippen LogP contribution is 2.21. The quantitative estimate of drug-likeness (QED) is 0.785. The van der Waals surface area contributed by atoms with Crippen molar-refractivity contribution in [3.8, 4) is 11.3 Å². The molecule has 5 heteroatoms. The summed E-state index contributed by atoms with van der Waals surface area (Å²) in [5.74, 6) is -1.04. The minimum Gasteiger partial charge on any atom is -0.477 e. The number of aromatic amines is 1. The van der Waals surface area contributed by atoms with Crippen molar-refractivity contribution in [3.05, 3.63) is 41.6 Å². The minimum atomic E-state index is -1.04. The zero-order valence-corrected chi connectivity index (χ0v) is 10.8. The van der Waals surface area contributed by atoms with Gasteiger partial charge in [0.05, 0.1) is 11.3 Å². The summed E-state index contributed by atoms with van der Waals surface area (Å²) in [6, 6.07) is 9.04. The molecule has 0 saturated heterocycles. The first kappa shape index (κ1) is 13.3. The Kier molecular flexibility index (Phi) is 3.40. The molecule has 0 aliphatic rings. The zero-order valence-electron chi connectivity index (χ0n) is 10.8. The number of nitrogens with zero attached hydrogens (tertiary/aromatic N) is 1. The summed E-state index contributed by atoms with van der Waals surface area (Å²) in [5.41, 5.74) is 1.66. The number of aromatic nitrogens is 2. The van der Waals surface area contributed by atoms with E-state index in [1.165, 1.54) is 6.07 Å². The third-order valence-corrected chi connectivity index (χ3v) is 2.67. The van der Waals surface area contributed by atoms with E-state index < -0.39 is 11.6 Å². The van der Waals surface area contributed by atoms with Crippen LogP contribution >= 0.6 is 0 Å². The van der Waals surface area contributed by atoms with Crippen LogP contribution in [0.4, 0.5) is 0 Å². The number of aromatic carboxylic acids is 1. The van der Waals surface area contributed by atoms with E-state index in [2.05, 4.69) is 10.2 Å². The molecule has 19 heavy (non-hydrogen) atoms. The molecule has 0 amide bonds. The molecule has 0 bridgehead atoms. The number of carbonyl (C=O) groups is 1. The highest BCUT2D eigenvalue weighted by atomic mass is 16.4. The maximum absolute atomic E-state index is 10.8. The van der Waals surface area contributed by atoms with Crippen LogP contribution in [0.1, 0.15) is 29.9 Å². The van der Waals surface area contributed by atoms with Crippen molar-refractivity contribution < 1.29 is 15.0 Å². The molecule has 0 aliphatic heterocycles. The second-order valence-electron chi connectivity index (χ2n) is 5.16. The normalized spacial score (nSPS) is 11.5. The number of carboxylic acids is 1. The fourth-order valence-corrected chi connectivity index (χ4v) is 1.92. The van der Waals surface area contributed by atoms with Gasteiger partial charge in [-0.15, -0.1) is 0 Å². The third kappa shape index (κ3) is 3.42. The number of H-pyrrole nitrogens is 1. The van der Waals surface area contributed by atoms with E-state index in [0.29, 0.717) is 12.1 Å². The van der Waals surface area contributed by atoms with Crippen molar-refractivity contribution in [2.45, 2.75) is 25.9 Å². The lowest BCUT2D eigenvalue weighted by Gasteiger charge is -2.17. The van der Waals surface area contributed by atoms with Crippen LogP contribution in [0.5, 0.6) is 0 Å². The van der Waals surface area contributed by atoms with E-state index in [-0.39, 0.29) is 5.69 Å². The zero-order chi connectivity index (χ0) is 14.0. The molecule has 0 unspecified atom stereocenters. The first-order valence-electron chi connectivity index (χ1n) is 5.95. The van der Waals surface area contributed by atoms with Gasteiger partial charge >= 0.3 is 5.97 Å². The number of nitrogens with one attached hydrogen (secondary N) is 1.